The number of carbonyl (C=O) groups excluding carboxylic acids is 1. The Hall–Kier alpha value is -2.47. The third-order valence-electron chi connectivity index (χ3n) is 3.82. The third-order valence-corrected chi connectivity index (χ3v) is 3.82. The van der Waals surface area contributed by atoms with Crippen LogP contribution in [0.1, 0.15) is 16.6 Å². The molecular weight excluding hydrogens is 310 g/mol. The maximum Gasteiger partial charge on any atom is 0.251 e. The van der Waals surface area contributed by atoms with Gasteiger partial charge in [-0.05, 0) is 0 Å². The highest BCUT2D eigenvalue weighted by Crippen LogP contribution is 2.32. The minimum atomic E-state index is -1.39. The number of aromatic nitrogens is 3. The Kier molecular flexibility index (Phi) is 3.56. The Balaban J connectivity index is 2.22. The van der Waals surface area contributed by atoms with Crippen LogP contribution in [-0.4, -0.2) is 65.6 Å². The van der Waals surface area contributed by atoms with Crippen LogP contribution in [0, 0.1) is 5.41 Å². The summed E-state index contributed by atoms with van der Waals surface area (Å²) in [6, 6.07) is 0. The summed E-state index contributed by atoms with van der Waals surface area (Å²) in [5.74, 6) is -0.859. The number of nitrogens with one attached hydrogen (secondary N) is 1. The fourth-order valence-corrected chi connectivity index (χ4v) is 2.65. The minimum absolute atomic E-state index is 0.0276. The second kappa shape index (κ2) is 5.31. The van der Waals surface area contributed by atoms with Gasteiger partial charge in [0, 0.05) is 6.20 Å². The smallest absolute Gasteiger partial charge is 0.251 e. The summed E-state index contributed by atoms with van der Waals surface area (Å²) in [5, 5.41) is 46.4. The van der Waals surface area contributed by atoms with Crippen molar-refractivity contribution in [3.8, 4) is 0 Å². The van der Waals surface area contributed by atoms with Crippen LogP contribution in [0.5, 0.6) is 0 Å². The van der Waals surface area contributed by atoms with Crippen molar-refractivity contribution in [2.24, 2.45) is 5.73 Å². The SMILES string of the molecule is N=c1c2c(C(N)=O)cn([C@@H]3O[C@@H](CO)[C@@H](O)[C@@H]3O)c2ncn1O. The number of carbonyl (C=O) groups is 1. The number of aliphatic hydroxyl groups excluding tert-OH is 3. The van der Waals surface area contributed by atoms with Crippen molar-refractivity contribution in [1.29, 1.82) is 5.41 Å². The van der Waals surface area contributed by atoms with Crippen LogP contribution in [0.2, 0.25) is 0 Å². The number of hydrogen-bond donors (Lipinski definition) is 6. The summed E-state index contributed by atoms with van der Waals surface area (Å²) in [7, 11) is 0. The number of hydrogen-bond acceptors (Lipinski definition) is 8. The predicted molar refractivity (Wildman–Crippen MR) is 72.3 cm³/mol. The van der Waals surface area contributed by atoms with Crippen LogP contribution in [0.4, 0.5) is 0 Å². The van der Waals surface area contributed by atoms with Crippen molar-refractivity contribution >= 4 is 16.9 Å². The summed E-state index contributed by atoms with van der Waals surface area (Å²) >= 11 is 0. The van der Waals surface area contributed by atoms with Crippen LogP contribution in [0.25, 0.3) is 11.0 Å². The Morgan fingerprint density at radius 2 is 2.13 bits per heavy atom. The largest absolute Gasteiger partial charge is 0.425 e. The van der Waals surface area contributed by atoms with Gasteiger partial charge in [0.15, 0.2) is 11.7 Å². The van der Waals surface area contributed by atoms with Gasteiger partial charge in [0.25, 0.3) is 5.91 Å². The van der Waals surface area contributed by atoms with Crippen LogP contribution in [0.3, 0.4) is 0 Å². The highest BCUT2D eigenvalue weighted by atomic mass is 16.6. The molecule has 0 aromatic carbocycles. The Bertz CT molecular complexity index is 829. The maximum atomic E-state index is 11.6. The van der Waals surface area contributed by atoms with E-state index in [2.05, 4.69) is 4.98 Å². The molecule has 4 atom stereocenters. The first-order chi connectivity index (χ1) is 10.9. The molecule has 0 aliphatic carbocycles. The number of fused-ring (bicyclic) bond motifs is 1. The average Bonchev–Trinajstić information content (AvgIpc) is 3.03. The monoisotopic (exact) mass is 325 g/mol. The third kappa shape index (κ3) is 2.17. The van der Waals surface area contributed by atoms with Crippen LogP contribution >= 0.6 is 0 Å². The fourth-order valence-electron chi connectivity index (χ4n) is 2.65. The first kappa shape index (κ1) is 15.4. The molecule has 1 aliphatic heterocycles. The van der Waals surface area contributed by atoms with E-state index in [1.54, 1.807) is 0 Å². The van der Waals surface area contributed by atoms with Crippen molar-refractivity contribution in [3.05, 3.63) is 23.6 Å². The molecule has 11 heteroatoms. The molecular formula is C12H15N5O6. The van der Waals surface area contributed by atoms with Crippen LogP contribution in [-0.2, 0) is 4.74 Å². The topological polar surface area (TPSA) is 180 Å². The average molecular weight is 325 g/mol. The zero-order chi connectivity index (χ0) is 16.9. The van der Waals surface area contributed by atoms with Crippen molar-refractivity contribution in [2.45, 2.75) is 24.5 Å². The number of ether oxygens (including phenoxy) is 1. The van der Waals surface area contributed by atoms with Crippen molar-refractivity contribution in [3.63, 3.8) is 0 Å². The van der Waals surface area contributed by atoms with Crippen LogP contribution in [0.15, 0.2) is 12.5 Å². The number of amides is 1. The molecule has 0 spiro atoms. The van der Waals surface area contributed by atoms with E-state index in [1.807, 2.05) is 0 Å². The number of aliphatic hydroxyl groups is 3. The normalized spacial score (nSPS) is 27.6. The first-order valence-electron chi connectivity index (χ1n) is 6.65. The molecule has 0 radical (unpaired) electrons. The zero-order valence-electron chi connectivity index (χ0n) is 11.7. The maximum absolute atomic E-state index is 11.6. The van der Waals surface area contributed by atoms with Gasteiger partial charge in [-0.15, -0.1) is 0 Å². The summed E-state index contributed by atoms with van der Waals surface area (Å²) in [5.41, 5.74) is 4.82. The second-order valence-corrected chi connectivity index (χ2v) is 5.18. The van der Waals surface area contributed by atoms with Crippen molar-refractivity contribution < 1.29 is 30.1 Å². The number of rotatable bonds is 3. The van der Waals surface area contributed by atoms with Crippen LogP contribution < -0.4 is 11.2 Å². The number of primary amides is 1. The lowest BCUT2D eigenvalue weighted by atomic mass is 10.1. The van der Waals surface area contributed by atoms with Crippen molar-refractivity contribution in [2.75, 3.05) is 6.61 Å². The summed E-state index contributed by atoms with van der Waals surface area (Å²) in [4.78, 5) is 15.5. The molecule has 1 aliphatic rings. The summed E-state index contributed by atoms with van der Waals surface area (Å²) < 4.78 is 7.03. The van der Waals surface area contributed by atoms with E-state index < -0.39 is 42.5 Å². The molecule has 3 heterocycles. The molecule has 1 saturated heterocycles. The van der Waals surface area contributed by atoms with E-state index in [0.29, 0.717) is 4.73 Å². The molecule has 1 fully saturated rings. The second-order valence-electron chi connectivity index (χ2n) is 5.18. The lowest BCUT2D eigenvalue weighted by Crippen LogP contribution is -2.33. The lowest BCUT2D eigenvalue weighted by molar-refractivity contribution is -0.0509. The van der Waals surface area contributed by atoms with Gasteiger partial charge in [-0.1, -0.05) is 0 Å². The molecule has 3 rings (SSSR count). The van der Waals surface area contributed by atoms with Gasteiger partial charge < -0.3 is 35.6 Å². The van der Waals surface area contributed by atoms with E-state index in [9.17, 15) is 20.2 Å². The molecule has 1 amide bonds. The highest BCUT2D eigenvalue weighted by molar-refractivity contribution is 6.04. The van der Waals surface area contributed by atoms with E-state index >= 15 is 0 Å². The molecule has 2 aromatic rings. The van der Waals surface area contributed by atoms with Gasteiger partial charge in [-0.25, -0.2) is 4.98 Å². The van der Waals surface area contributed by atoms with Gasteiger partial charge in [0.1, 0.15) is 30.3 Å². The quantitative estimate of drug-likeness (QED) is 0.331. The minimum Gasteiger partial charge on any atom is -0.425 e. The van der Waals surface area contributed by atoms with Gasteiger partial charge in [0.05, 0.1) is 17.6 Å². The lowest BCUT2D eigenvalue weighted by Gasteiger charge is -2.17. The Morgan fingerprint density at radius 3 is 2.70 bits per heavy atom. The van der Waals surface area contributed by atoms with E-state index in [-0.39, 0.29) is 16.6 Å². The molecule has 124 valence electrons. The van der Waals surface area contributed by atoms with Gasteiger partial charge >= 0.3 is 0 Å². The molecule has 2 aromatic heterocycles. The van der Waals surface area contributed by atoms with Crippen molar-refractivity contribution in [1.82, 2.24) is 14.3 Å². The Labute approximate surface area is 128 Å². The fraction of sp³-hybridized carbons (Fsp3) is 0.417. The van der Waals surface area contributed by atoms with E-state index in [0.717, 1.165) is 6.33 Å². The molecule has 0 saturated carbocycles. The predicted octanol–water partition coefficient (Wildman–Crippen LogP) is -2.74. The Morgan fingerprint density at radius 1 is 1.43 bits per heavy atom. The van der Waals surface area contributed by atoms with Gasteiger partial charge in [0.2, 0.25) is 0 Å². The molecule has 11 nitrogen and oxygen atoms in total. The van der Waals surface area contributed by atoms with E-state index in [4.69, 9.17) is 21.0 Å². The molecule has 23 heavy (non-hydrogen) atoms. The van der Waals surface area contributed by atoms with Gasteiger partial charge in [-0.2, -0.15) is 4.73 Å². The molecule has 0 unspecified atom stereocenters. The summed E-state index contributed by atoms with van der Waals surface area (Å²) in [6.45, 7) is -0.510. The first-order valence-corrected chi connectivity index (χ1v) is 6.65. The molecule has 7 N–H and O–H groups in total. The van der Waals surface area contributed by atoms with E-state index in [1.165, 1.54) is 10.8 Å². The standard InChI is InChI=1S/C12H15N5O6/c13-9-6-4(10(14)21)1-16(11(6)15-3-17(9)22)12-8(20)7(19)5(2-18)23-12/h1,3,5,7-8,12-13,18-20,22H,2H2,(H2,14,21)/t5-,7+,8-,12+/m0/s1. The molecule has 0 bridgehead atoms. The van der Waals surface area contributed by atoms with Gasteiger partial charge in [-0.3, -0.25) is 10.2 Å². The number of nitrogens with zero attached hydrogens (tertiary/aromatic N) is 3. The zero-order valence-corrected chi connectivity index (χ0v) is 11.7. The highest BCUT2D eigenvalue weighted by Gasteiger charge is 2.44. The summed E-state index contributed by atoms with van der Waals surface area (Å²) in [6.07, 6.45) is -2.71. The number of nitrogens with two attached hydrogens (primary N) is 1.